The number of sulfonamides is 1. The lowest BCUT2D eigenvalue weighted by atomic mass is 10.3. The molecule has 2 heterocycles. The lowest BCUT2D eigenvalue weighted by molar-refractivity contribution is 0.171. The second-order valence-electron chi connectivity index (χ2n) is 5.48. The van der Waals surface area contributed by atoms with Crippen LogP contribution in [0.15, 0.2) is 40.6 Å². The van der Waals surface area contributed by atoms with Crippen molar-refractivity contribution < 1.29 is 26.3 Å². The highest BCUT2D eigenvalue weighted by molar-refractivity contribution is 7.92. The molecule has 2 aromatic rings. The number of benzene rings is 1. The molecule has 10 heteroatoms. The molecule has 0 radical (unpaired) electrons. The summed E-state index contributed by atoms with van der Waals surface area (Å²) in [7, 11) is -7.35. The molecule has 0 fully saturated rings. The van der Waals surface area contributed by atoms with Crippen LogP contribution in [0.4, 0.5) is 0 Å². The van der Waals surface area contributed by atoms with Crippen LogP contribution in [0, 0.1) is 0 Å². The van der Waals surface area contributed by atoms with Gasteiger partial charge in [0, 0.05) is 17.5 Å². The van der Waals surface area contributed by atoms with E-state index in [2.05, 4.69) is 4.72 Å². The van der Waals surface area contributed by atoms with Gasteiger partial charge in [-0.2, -0.15) is 0 Å². The van der Waals surface area contributed by atoms with E-state index >= 15 is 0 Å². The van der Waals surface area contributed by atoms with Gasteiger partial charge in [-0.25, -0.2) is 21.6 Å². The Bertz CT molecular complexity index is 951. The quantitative estimate of drug-likeness (QED) is 0.786. The number of fused-ring (bicyclic) bond motifs is 1. The molecule has 25 heavy (non-hydrogen) atoms. The van der Waals surface area contributed by atoms with Gasteiger partial charge in [0.25, 0.3) is 0 Å². The van der Waals surface area contributed by atoms with E-state index in [1.165, 1.54) is 23.5 Å². The van der Waals surface area contributed by atoms with Crippen LogP contribution in [-0.2, 0) is 19.9 Å². The minimum Gasteiger partial charge on any atom is -0.486 e. The molecule has 7 nitrogen and oxygen atoms in total. The number of hydrogen-bond donors (Lipinski definition) is 1. The zero-order valence-electron chi connectivity index (χ0n) is 13.3. The minimum absolute atomic E-state index is 0.0606. The fourth-order valence-corrected chi connectivity index (χ4v) is 5.80. The molecule has 1 N–H and O–H groups in total. The minimum atomic E-state index is -3.83. The van der Waals surface area contributed by atoms with Gasteiger partial charge < -0.3 is 9.47 Å². The van der Waals surface area contributed by atoms with Gasteiger partial charge in [-0.15, -0.1) is 11.3 Å². The monoisotopic (exact) mass is 403 g/mol. The van der Waals surface area contributed by atoms with Gasteiger partial charge in [0.2, 0.25) is 10.0 Å². The van der Waals surface area contributed by atoms with E-state index in [1.54, 1.807) is 23.6 Å². The number of ether oxygens (including phenoxy) is 2. The van der Waals surface area contributed by atoms with Crippen molar-refractivity contribution in [1.29, 1.82) is 0 Å². The maximum absolute atomic E-state index is 13.1. The first-order valence-electron chi connectivity index (χ1n) is 7.39. The Morgan fingerprint density at radius 2 is 1.84 bits per heavy atom. The molecule has 0 saturated carbocycles. The van der Waals surface area contributed by atoms with E-state index in [1.807, 2.05) is 0 Å². The summed E-state index contributed by atoms with van der Waals surface area (Å²) in [5.74, 6) is 0.862. The van der Waals surface area contributed by atoms with Crippen molar-refractivity contribution in [2.75, 3.05) is 26.0 Å². The largest absolute Gasteiger partial charge is 0.486 e. The third-order valence-electron chi connectivity index (χ3n) is 3.61. The molecule has 1 atom stereocenters. The molecule has 0 bridgehead atoms. The summed E-state index contributed by atoms with van der Waals surface area (Å²) in [6.07, 6.45) is 0.995. The third-order valence-corrected chi connectivity index (χ3v) is 7.52. The molecule has 0 unspecified atom stereocenters. The van der Waals surface area contributed by atoms with Gasteiger partial charge in [-0.05, 0) is 23.6 Å². The number of sulfone groups is 1. The summed E-state index contributed by atoms with van der Waals surface area (Å²) in [5.41, 5.74) is 0. The van der Waals surface area contributed by atoms with Crippen LogP contribution in [0.5, 0.6) is 11.5 Å². The van der Waals surface area contributed by atoms with Gasteiger partial charge in [-0.1, -0.05) is 6.07 Å². The van der Waals surface area contributed by atoms with Crippen molar-refractivity contribution in [2.45, 2.75) is 10.1 Å². The van der Waals surface area contributed by atoms with Gasteiger partial charge in [-0.3, -0.25) is 0 Å². The van der Waals surface area contributed by atoms with E-state index in [4.69, 9.17) is 9.47 Å². The summed E-state index contributed by atoms with van der Waals surface area (Å²) >= 11 is 1.26. The molecule has 1 aromatic heterocycles. The summed E-state index contributed by atoms with van der Waals surface area (Å²) in [6.45, 7) is 0.520. The highest BCUT2D eigenvalue weighted by atomic mass is 32.2. The number of thiophene rings is 1. The Balaban J connectivity index is 1.98. The van der Waals surface area contributed by atoms with Crippen LogP contribution in [0.25, 0.3) is 0 Å². The molecule has 1 aliphatic rings. The fraction of sp³-hybridized carbons (Fsp3) is 0.333. The molecule has 3 rings (SSSR count). The van der Waals surface area contributed by atoms with Crippen LogP contribution >= 0.6 is 11.3 Å². The number of hydrogen-bond acceptors (Lipinski definition) is 7. The maximum atomic E-state index is 13.1. The Kier molecular flexibility index (Phi) is 5.05. The summed E-state index contributed by atoms with van der Waals surface area (Å²) < 4.78 is 62.2. The van der Waals surface area contributed by atoms with Crippen molar-refractivity contribution in [3.8, 4) is 11.5 Å². The zero-order valence-corrected chi connectivity index (χ0v) is 15.8. The molecule has 0 saturated heterocycles. The lowest BCUT2D eigenvalue weighted by Gasteiger charge is -2.21. The highest BCUT2D eigenvalue weighted by Gasteiger charge is 2.32. The first kappa shape index (κ1) is 18.2. The summed E-state index contributed by atoms with van der Waals surface area (Å²) in [4.78, 5) is 0.622. The zero-order chi connectivity index (χ0) is 18.1. The molecule has 0 spiro atoms. The average Bonchev–Trinajstić information content (AvgIpc) is 3.07. The Morgan fingerprint density at radius 3 is 2.48 bits per heavy atom. The molecule has 1 aliphatic heterocycles. The summed E-state index contributed by atoms with van der Waals surface area (Å²) in [6, 6.07) is 7.83. The fourth-order valence-electron chi connectivity index (χ4n) is 2.43. The van der Waals surface area contributed by atoms with Gasteiger partial charge in [0.15, 0.2) is 21.3 Å². The number of rotatable bonds is 6. The molecular weight excluding hydrogens is 386 g/mol. The van der Waals surface area contributed by atoms with Crippen LogP contribution < -0.4 is 14.2 Å². The second-order valence-corrected chi connectivity index (χ2v) is 10.4. The molecular formula is C15H17NO6S3. The first-order valence-corrected chi connectivity index (χ1v) is 11.7. The number of nitrogens with one attached hydrogen (secondary N) is 1. The van der Waals surface area contributed by atoms with Crippen molar-refractivity contribution in [1.82, 2.24) is 4.72 Å². The predicted molar refractivity (Wildman–Crippen MR) is 94.5 cm³/mol. The van der Waals surface area contributed by atoms with Crippen LogP contribution in [0.1, 0.15) is 10.1 Å². The molecule has 0 aliphatic carbocycles. The van der Waals surface area contributed by atoms with Gasteiger partial charge in [0.1, 0.15) is 18.5 Å². The first-order chi connectivity index (χ1) is 11.8. The van der Waals surface area contributed by atoms with E-state index < -0.39 is 25.1 Å². The van der Waals surface area contributed by atoms with Gasteiger partial charge >= 0.3 is 0 Å². The van der Waals surface area contributed by atoms with Crippen molar-refractivity contribution in [3.63, 3.8) is 0 Å². The third kappa shape index (κ3) is 4.14. The van der Waals surface area contributed by atoms with Crippen molar-refractivity contribution in [3.05, 3.63) is 40.6 Å². The normalized spacial score (nSPS) is 15.7. The van der Waals surface area contributed by atoms with Crippen molar-refractivity contribution in [2.24, 2.45) is 0 Å². The van der Waals surface area contributed by atoms with Crippen LogP contribution in [0.2, 0.25) is 0 Å². The smallest absolute Gasteiger partial charge is 0.208 e. The topological polar surface area (TPSA) is 98.8 Å². The average molecular weight is 404 g/mol. The lowest BCUT2D eigenvalue weighted by Crippen LogP contribution is -2.30. The molecule has 1 aromatic carbocycles. The summed E-state index contributed by atoms with van der Waals surface area (Å²) in [5, 5.41) is 0.729. The van der Waals surface area contributed by atoms with Crippen LogP contribution in [0.3, 0.4) is 0 Å². The standard InChI is InChI=1S/C15H17NO6S3/c1-24(17,18)16-10-15(14-3-2-8-23-14)25(19,20)11-4-5-12-13(9-11)22-7-6-21-12/h2-5,8-9,15-16H,6-7,10H2,1H3/t15-/m0/s1. The van der Waals surface area contributed by atoms with E-state index in [-0.39, 0.29) is 11.4 Å². The Labute approximate surface area is 150 Å². The second kappa shape index (κ2) is 6.94. The van der Waals surface area contributed by atoms with E-state index in [0.29, 0.717) is 29.6 Å². The Morgan fingerprint density at radius 1 is 1.12 bits per heavy atom. The van der Waals surface area contributed by atoms with E-state index in [9.17, 15) is 16.8 Å². The molecule has 0 amide bonds. The maximum Gasteiger partial charge on any atom is 0.208 e. The van der Waals surface area contributed by atoms with Crippen LogP contribution in [-0.4, -0.2) is 42.8 Å². The molecule has 136 valence electrons. The predicted octanol–water partition coefficient (Wildman–Crippen LogP) is 1.58. The Hall–Kier alpha value is -1.62. The van der Waals surface area contributed by atoms with Gasteiger partial charge in [0.05, 0.1) is 11.2 Å². The van der Waals surface area contributed by atoms with E-state index in [0.717, 1.165) is 6.26 Å². The van der Waals surface area contributed by atoms with Crippen molar-refractivity contribution >= 4 is 31.2 Å². The highest BCUT2D eigenvalue weighted by Crippen LogP contribution is 2.37. The SMILES string of the molecule is CS(=O)(=O)NC[C@@H](c1cccs1)S(=O)(=O)c1ccc2c(c1)OCCO2.